The van der Waals surface area contributed by atoms with Gasteiger partial charge in [0, 0.05) is 6.20 Å². The minimum absolute atomic E-state index is 0.284. The van der Waals surface area contributed by atoms with Crippen LogP contribution in [0, 0.1) is 5.82 Å². The van der Waals surface area contributed by atoms with E-state index in [1.165, 1.54) is 12.1 Å². The molecule has 2 heterocycles. The van der Waals surface area contributed by atoms with Gasteiger partial charge in [0.05, 0.1) is 5.69 Å². The van der Waals surface area contributed by atoms with Gasteiger partial charge in [0.15, 0.2) is 0 Å². The molecule has 96 valence electrons. The predicted molar refractivity (Wildman–Crippen MR) is 70.3 cm³/mol. The third-order valence-electron chi connectivity index (χ3n) is 2.77. The molecule has 4 nitrogen and oxygen atoms in total. The Morgan fingerprint density at radius 3 is 2.68 bits per heavy atom. The lowest BCUT2D eigenvalue weighted by Gasteiger charge is -2.03. The van der Waals surface area contributed by atoms with Crippen molar-refractivity contribution in [3.8, 4) is 5.75 Å². The van der Waals surface area contributed by atoms with E-state index in [1.807, 2.05) is 18.3 Å². The van der Waals surface area contributed by atoms with Crippen LogP contribution in [0.5, 0.6) is 5.75 Å². The zero-order chi connectivity index (χ0) is 13.2. The number of halogens is 1. The van der Waals surface area contributed by atoms with Gasteiger partial charge >= 0.3 is 0 Å². The average molecular weight is 257 g/mol. The van der Waals surface area contributed by atoms with E-state index in [0.717, 1.165) is 11.3 Å². The van der Waals surface area contributed by atoms with Crippen molar-refractivity contribution in [1.29, 1.82) is 0 Å². The number of pyridine rings is 1. The number of ether oxygens (including phenoxy) is 1. The fourth-order valence-corrected chi connectivity index (χ4v) is 1.84. The van der Waals surface area contributed by atoms with E-state index in [0.29, 0.717) is 18.2 Å². The van der Waals surface area contributed by atoms with Gasteiger partial charge in [-0.1, -0.05) is 6.07 Å². The van der Waals surface area contributed by atoms with Gasteiger partial charge in [-0.05, 0) is 36.4 Å². The van der Waals surface area contributed by atoms with E-state index >= 15 is 0 Å². The zero-order valence-corrected chi connectivity index (χ0v) is 10.1. The Hall–Kier alpha value is -2.56. The number of hydrogen-bond acceptors (Lipinski definition) is 3. The number of benzene rings is 1. The van der Waals surface area contributed by atoms with Crippen molar-refractivity contribution in [2.75, 3.05) is 5.73 Å². The van der Waals surface area contributed by atoms with Crippen LogP contribution in [0.1, 0.15) is 5.69 Å². The number of anilines is 1. The number of hydrogen-bond donors (Lipinski definition) is 1. The molecule has 0 aliphatic carbocycles. The summed E-state index contributed by atoms with van der Waals surface area (Å²) in [5, 5.41) is 0. The monoisotopic (exact) mass is 257 g/mol. The standard InChI is InChI=1S/C14H12FN3O/c15-10-4-6-12(7-5-10)19-9-11-8-18-13(16)2-1-3-14(18)17-11/h1-8H,9,16H2. The third-order valence-corrected chi connectivity index (χ3v) is 2.77. The minimum atomic E-state index is -0.284. The maximum Gasteiger partial charge on any atom is 0.138 e. The van der Waals surface area contributed by atoms with Crippen LogP contribution < -0.4 is 10.5 Å². The summed E-state index contributed by atoms with van der Waals surface area (Å²) < 4.78 is 20.1. The maximum atomic E-state index is 12.7. The molecule has 0 atom stereocenters. The number of nitrogens with two attached hydrogens (primary N) is 1. The highest BCUT2D eigenvalue weighted by Gasteiger charge is 2.04. The molecule has 2 aromatic heterocycles. The fourth-order valence-electron chi connectivity index (χ4n) is 1.84. The highest BCUT2D eigenvalue weighted by Crippen LogP contribution is 2.15. The maximum absolute atomic E-state index is 12.7. The van der Waals surface area contributed by atoms with Gasteiger partial charge in [-0.15, -0.1) is 0 Å². The van der Waals surface area contributed by atoms with Gasteiger partial charge in [0.1, 0.15) is 29.6 Å². The second kappa shape index (κ2) is 4.61. The van der Waals surface area contributed by atoms with Crippen molar-refractivity contribution in [3.05, 3.63) is 60.2 Å². The number of imidazole rings is 1. The summed E-state index contributed by atoms with van der Waals surface area (Å²) in [6.07, 6.45) is 1.83. The Kier molecular flexibility index (Phi) is 2.79. The first-order valence-corrected chi connectivity index (χ1v) is 5.83. The summed E-state index contributed by atoms with van der Waals surface area (Å²) in [6, 6.07) is 11.4. The first-order chi connectivity index (χ1) is 9.22. The van der Waals surface area contributed by atoms with E-state index in [1.54, 1.807) is 22.6 Å². The molecule has 1 aromatic carbocycles. The lowest BCUT2D eigenvalue weighted by atomic mass is 10.3. The predicted octanol–water partition coefficient (Wildman–Crippen LogP) is 2.63. The molecule has 0 spiro atoms. The molecule has 3 aromatic rings. The van der Waals surface area contributed by atoms with E-state index < -0.39 is 0 Å². The molecule has 19 heavy (non-hydrogen) atoms. The Bertz CT molecular complexity index is 706. The Morgan fingerprint density at radius 1 is 1.16 bits per heavy atom. The van der Waals surface area contributed by atoms with Crippen LogP contribution in [0.25, 0.3) is 5.65 Å². The third kappa shape index (κ3) is 2.35. The van der Waals surface area contributed by atoms with Crippen molar-refractivity contribution in [3.63, 3.8) is 0 Å². The molecular formula is C14H12FN3O. The summed E-state index contributed by atoms with van der Waals surface area (Å²) in [5.41, 5.74) is 7.38. The lowest BCUT2D eigenvalue weighted by molar-refractivity contribution is 0.301. The first-order valence-electron chi connectivity index (χ1n) is 5.83. The SMILES string of the molecule is Nc1cccc2nc(COc3ccc(F)cc3)cn12. The number of fused-ring (bicyclic) bond motifs is 1. The van der Waals surface area contributed by atoms with Crippen LogP contribution in [0.3, 0.4) is 0 Å². The summed E-state index contributed by atoms with van der Waals surface area (Å²) >= 11 is 0. The largest absolute Gasteiger partial charge is 0.487 e. The second-order valence-electron chi connectivity index (χ2n) is 4.15. The Balaban J connectivity index is 1.78. The fraction of sp³-hybridized carbons (Fsp3) is 0.0714. The molecule has 0 fully saturated rings. The molecule has 0 unspecified atom stereocenters. The van der Waals surface area contributed by atoms with Crippen LogP contribution in [0.4, 0.5) is 10.2 Å². The Labute approximate surface area is 109 Å². The van der Waals surface area contributed by atoms with Crippen molar-refractivity contribution in [2.45, 2.75) is 6.61 Å². The molecule has 3 rings (SSSR count). The van der Waals surface area contributed by atoms with Gasteiger partial charge in [-0.25, -0.2) is 9.37 Å². The molecule has 0 saturated heterocycles. The number of nitrogens with zero attached hydrogens (tertiary/aromatic N) is 2. The molecule has 0 radical (unpaired) electrons. The second-order valence-corrected chi connectivity index (χ2v) is 4.15. The highest BCUT2D eigenvalue weighted by atomic mass is 19.1. The normalized spacial score (nSPS) is 10.8. The number of rotatable bonds is 3. The van der Waals surface area contributed by atoms with Crippen LogP contribution in [0.15, 0.2) is 48.7 Å². The van der Waals surface area contributed by atoms with Gasteiger partial charge in [-0.3, -0.25) is 4.40 Å². The molecule has 2 N–H and O–H groups in total. The number of nitrogen functional groups attached to an aromatic ring is 1. The van der Waals surface area contributed by atoms with Crippen LogP contribution >= 0.6 is 0 Å². The van der Waals surface area contributed by atoms with Crippen molar-refractivity contribution in [1.82, 2.24) is 9.38 Å². The summed E-state index contributed by atoms with van der Waals surface area (Å²) in [6.45, 7) is 0.312. The van der Waals surface area contributed by atoms with Crippen LogP contribution in [-0.4, -0.2) is 9.38 Å². The van der Waals surface area contributed by atoms with Gasteiger partial charge in [-0.2, -0.15) is 0 Å². The van der Waals surface area contributed by atoms with Crippen molar-refractivity contribution < 1.29 is 9.13 Å². The van der Waals surface area contributed by atoms with Crippen LogP contribution in [-0.2, 0) is 6.61 Å². The zero-order valence-electron chi connectivity index (χ0n) is 10.1. The van der Waals surface area contributed by atoms with Gasteiger partial charge in [0.2, 0.25) is 0 Å². The van der Waals surface area contributed by atoms with Gasteiger partial charge < -0.3 is 10.5 Å². The molecule has 0 aliphatic rings. The summed E-state index contributed by atoms with van der Waals surface area (Å²) in [7, 11) is 0. The van der Waals surface area contributed by atoms with E-state index in [9.17, 15) is 4.39 Å². The quantitative estimate of drug-likeness (QED) is 0.784. The molecule has 0 aliphatic heterocycles. The topological polar surface area (TPSA) is 52.5 Å². The van der Waals surface area contributed by atoms with E-state index in [4.69, 9.17) is 10.5 Å². The lowest BCUT2D eigenvalue weighted by Crippen LogP contribution is -1.95. The minimum Gasteiger partial charge on any atom is -0.487 e. The molecule has 0 saturated carbocycles. The molecule has 0 amide bonds. The van der Waals surface area contributed by atoms with Crippen LogP contribution in [0.2, 0.25) is 0 Å². The molecular weight excluding hydrogens is 245 g/mol. The van der Waals surface area contributed by atoms with Crippen molar-refractivity contribution >= 4 is 11.5 Å². The van der Waals surface area contributed by atoms with Gasteiger partial charge in [0.25, 0.3) is 0 Å². The first kappa shape index (κ1) is 11.5. The van der Waals surface area contributed by atoms with Crippen molar-refractivity contribution in [2.24, 2.45) is 0 Å². The smallest absolute Gasteiger partial charge is 0.138 e. The highest BCUT2D eigenvalue weighted by molar-refractivity contribution is 5.48. The average Bonchev–Trinajstić information content (AvgIpc) is 2.83. The summed E-state index contributed by atoms with van der Waals surface area (Å²) in [5.74, 6) is 0.942. The van der Waals surface area contributed by atoms with E-state index in [-0.39, 0.29) is 5.82 Å². The summed E-state index contributed by atoms with van der Waals surface area (Å²) in [4.78, 5) is 4.39. The number of aromatic nitrogens is 2. The van der Waals surface area contributed by atoms with E-state index in [2.05, 4.69) is 4.98 Å². The molecule has 0 bridgehead atoms. The molecule has 5 heteroatoms. The Morgan fingerprint density at radius 2 is 1.95 bits per heavy atom.